The van der Waals surface area contributed by atoms with Gasteiger partial charge in [-0.3, -0.25) is 4.79 Å². The highest BCUT2D eigenvalue weighted by Gasteiger charge is 2.10. The van der Waals surface area contributed by atoms with Gasteiger partial charge in [-0.2, -0.15) is 0 Å². The molecule has 4 aromatic rings. The zero-order valence-corrected chi connectivity index (χ0v) is 17.0. The van der Waals surface area contributed by atoms with E-state index >= 15 is 0 Å². The summed E-state index contributed by atoms with van der Waals surface area (Å²) in [6.07, 6.45) is 0. The summed E-state index contributed by atoms with van der Waals surface area (Å²) in [6.45, 7) is 0. The number of carbonyl (C=O) groups is 1. The van der Waals surface area contributed by atoms with E-state index in [-0.39, 0.29) is 11.9 Å². The second-order valence-corrected chi connectivity index (χ2v) is 6.53. The molecule has 1 aromatic heterocycles. The number of benzene rings is 3. The molecule has 0 saturated carbocycles. The predicted octanol–water partition coefficient (Wildman–Crippen LogP) is 4.75. The third kappa shape index (κ3) is 4.81. The van der Waals surface area contributed by atoms with E-state index in [0.29, 0.717) is 22.9 Å². The number of rotatable bonds is 7. The second-order valence-electron chi connectivity index (χ2n) is 6.53. The summed E-state index contributed by atoms with van der Waals surface area (Å²) in [6, 6.07) is 21.7. The van der Waals surface area contributed by atoms with E-state index in [1.807, 2.05) is 24.3 Å². The molecule has 2 N–H and O–H groups in total. The first-order valence-electron chi connectivity index (χ1n) is 9.45. The summed E-state index contributed by atoms with van der Waals surface area (Å²) in [5.74, 6) is 1.61. The van der Waals surface area contributed by atoms with Crippen LogP contribution >= 0.6 is 0 Å². The summed E-state index contributed by atoms with van der Waals surface area (Å²) < 4.78 is 15.9. The second kappa shape index (κ2) is 9.00. The Hall–Kier alpha value is -4.33. The molecular formula is C23H20N4O4. The molecule has 8 heteroatoms. The van der Waals surface area contributed by atoms with Crippen LogP contribution in [0.3, 0.4) is 0 Å². The van der Waals surface area contributed by atoms with Crippen molar-refractivity contribution in [1.29, 1.82) is 0 Å². The van der Waals surface area contributed by atoms with Crippen molar-refractivity contribution in [3.63, 3.8) is 0 Å². The topological polar surface area (TPSA) is 98.5 Å². The zero-order chi connectivity index (χ0) is 21.6. The van der Waals surface area contributed by atoms with Crippen LogP contribution < -0.4 is 20.1 Å². The zero-order valence-electron chi connectivity index (χ0n) is 17.0. The lowest BCUT2D eigenvalue weighted by Gasteiger charge is -2.06. The van der Waals surface area contributed by atoms with Gasteiger partial charge in [-0.15, -0.1) is 5.10 Å². The molecule has 1 heterocycles. The molecule has 0 bridgehead atoms. The number of anilines is 3. The van der Waals surface area contributed by atoms with Gasteiger partial charge >= 0.3 is 6.01 Å². The van der Waals surface area contributed by atoms with Crippen molar-refractivity contribution in [3.05, 3.63) is 78.4 Å². The Balaban J connectivity index is 1.40. The van der Waals surface area contributed by atoms with Crippen LogP contribution in [0.1, 0.15) is 10.4 Å². The molecule has 31 heavy (non-hydrogen) atoms. The number of aromatic nitrogens is 2. The molecule has 0 radical (unpaired) electrons. The molecule has 0 aliphatic rings. The van der Waals surface area contributed by atoms with Crippen molar-refractivity contribution >= 4 is 23.3 Å². The number of hydrogen-bond acceptors (Lipinski definition) is 7. The van der Waals surface area contributed by atoms with Crippen LogP contribution in [0, 0.1) is 0 Å². The SMILES string of the molecule is COc1ccc(Nc2nnc(-c3ccc(NC(=O)c4ccc(OC)cc4)cc3)o2)cc1. The predicted molar refractivity (Wildman–Crippen MR) is 117 cm³/mol. The summed E-state index contributed by atoms with van der Waals surface area (Å²) in [5.41, 5.74) is 2.72. The van der Waals surface area contributed by atoms with Crippen LogP contribution in [0.2, 0.25) is 0 Å². The Morgan fingerprint density at radius 1 is 0.774 bits per heavy atom. The molecule has 0 saturated heterocycles. The Kier molecular flexibility index (Phi) is 5.79. The van der Waals surface area contributed by atoms with Gasteiger partial charge in [0, 0.05) is 22.5 Å². The first-order chi connectivity index (χ1) is 15.1. The van der Waals surface area contributed by atoms with Gasteiger partial charge in [0.25, 0.3) is 5.91 Å². The van der Waals surface area contributed by atoms with Gasteiger partial charge in [0.1, 0.15) is 11.5 Å². The average molecular weight is 416 g/mol. The standard InChI is InChI=1S/C23H20N4O4/c1-29-19-11-5-15(6-12-19)21(28)24-17-7-3-16(4-8-17)22-26-27-23(31-22)25-18-9-13-20(30-2)14-10-18/h3-14H,1-2H3,(H,24,28)(H,25,27). The van der Waals surface area contributed by atoms with Gasteiger partial charge < -0.3 is 24.5 Å². The fourth-order valence-electron chi connectivity index (χ4n) is 2.83. The number of nitrogens with one attached hydrogen (secondary N) is 2. The molecule has 4 rings (SSSR count). The Bertz CT molecular complexity index is 1150. The van der Waals surface area contributed by atoms with Gasteiger partial charge in [-0.05, 0) is 72.8 Å². The number of hydrogen-bond donors (Lipinski definition) is 2. The fourth-order valence-corrected chi connectivity index (χ4v) is 2.83. The van der Waals surface area contributed by atoms with E-state index in [0.717, 1.165) is 17.0 Å². The van der Waals surface area contributed by atoms with Crippen molar-refractivity contribution < 1.29 is 18.7 Å². The quantitative estimate of drug-likeness (QED) is 0.449. The van der Waals surface area contributed by atoms with Gasteiger partial charge in [0.2, 0.25) is 5.89 Å². The maximum absolute atomic E-state index is 12.4. The fraction of sp³-hybridized carbons (Fsp3) is 0.0870. The first-order valence-corrected chi connectivity index (χ1v) is 9.45. The molecule has 0 aliphatic carbocycles. The van der Waals surface area contributed by atoms with Crippen molar-refractivity contribution in [1.82, 2.24) is 10.2 Å². The van der Waals surface area contributed by atoms with Crippen LogP contribution in [-0.4, -0.2) is 30.3 Å². The Morgan fingerprint density at radius 3 is 1.97 bits per heavy atom. The van der Waals surface area contributed by atoms with Crippen molar-refractivity contribution in [2.24, 2.45) is 0 Å². The van der Waals surface area contributed by atoms with Crippen LogP contribution in [0.25, 0.3) is 11.5 Å². The highest BCUT2D eigenvalue weighted by atomic mass is 16.5. The lowest BCUT2D eigenvalue weighted by molar-refractivity contribution is 0.102. The number of nitrogens with zero attached hydrogens (tertiary/aromatic N) is 2. The molecule has 156 valence electrons. The van der Waals surface area contributed by atoms with E-state index in [2.05, 4.69) is 20.8 Å². The molecule has 0 aliphatic heterocycles. The number of methoxy groups -OCH3 is 2. The number of amides is 1. The van der Waals surface area contributed by atoms with Gasteiger partial charge in [0.15, 0.2) is 0 Å². The summed E-state index contributed by atoms with van der Waals surface area (Å²) in [7, 11) is 3.20. The van der Waals surface area contributed by atoms with Crippen molar-refractivity contribution in [2.75, 3.05) is 24.9 Å². The summed E-state index contributed by atoms with van der Waals surface area (Å²) >= 11 is 0. The van der Waals surface area contributed by atoms with Crippen molar-refractivity contribution in [2.45, 2.75) is 0 Å². The molecule has 0 unspecified atom stereocenters. The lowest BCUT2D eigenvalue weighted by atomic mass is 10.1. The minimum atomic E-state index is -0.209. The highest BCUT2D eigenvalue weighted by molar-refractivity contribution is 6.04. The van der Waals surface area contributed by atoms with Gasteiger partial charge in [0.05, 0.1) is 14.2 Å². The van der Waals surface area contributed by atoms with E-state index < -0.39 is 0 Å². The molecule has 0 fully saturated rings. The molecular weight excluding hydrogens is 396 g/mol. The third-order valence-corrected chi connectivity index (χ3v) is 4.51. The molecule has 1 amide bonds. The molecule has 8 nitrogen and oxygen atoms in total. The largest absolute Gasteiger partial charge is 0.497 e. The van der Waals surface area contributed by atoms with E-state index in [1.54, 1.807) is 62.8 Å². The minimum absolute atomic E-state index is 0.209. The van der Waals surface area contributed by atoms with E-state index in [9.17, 15) is 4.79 Å². The summed E-state index contributed by atoms with van der Waals surface area (Å²) in [4.78, 5) is 12.4. The van der Waals surface area contributed by atoms with E-state index in [4.69, 9.17) is 13.9 Å². The maximum atomic E-state index is 12.4. The average Bonchev–Trinajstić information content (AvgIpc) is 3.28. The van der Waals surface area contributed by atoms with Gasteiger partial charge in [-0.1, -0.05) is 5.10 Å². The van der Waals surface area contributed by atoms with Crippen LogP contribution in [-0.2, 0) is 0 Å². The van der Waals surface area contributed by atoms with Crippen molar-refractivity contribution in [3.8, 4) is 23.0 Å². The molecule has 0 spiro atoms. The van der Waals surface area contributed by atoms with Crippen LogP contribution in [0.4, 0.5) is 17.4 Å². The minimum Gasteiger partial charge on any atom is -0.497 e. The maximum Gasteiger partial charge on any atom is 0.320 e. The monoisotopic (exact) mass is 416 g/mol. The normalized spacial score (nSPS) is 10.4. The lowest BCUT2D eigenvalue weighted by Crippen LogP contribution is -2.11. The van der Waals surface area contributed by atoms with E-state index in [1.165, 1.54) is 0 Å². The Morgan fingerprint density at radius 2 is 1.35 bits per heavy atom. The first kappa shape index (κ1) is 20.0. The number of ether oxygens (including phenoxy) is 2. The third-order valence-electron chi connectivity index (χ3n) is 4.51. The Labute approximate surface area is 178 Å². The molecule has 0 atom stereocenters. The van der Waals surface area contributed by atoms with Crippen LogP contribution in [0.15, 0.2) is 77.2 Å². The van der Waals surface area contributed by atoms with Gasteiger partial charge in [-0.25, -0.2) is 0 Å². The number of carbonyl (C=O) groups excluding carboxylic acids is 1. The highest BCUT2D eigenvalue weighted by Crippen LogP contribution is 2.24. The summed E-state index contributed by atoms with van der Waals surface area (Å²) in [5, 5.41) is 14.0. The molecule has 3 aromatic carbocycles. The van der Waals surface area contributed by atoms with Crippen LogP contribution in [0.5, 0.6) is 11.5 Å². The smallest absolute Gasteiger partial charge is 0.320 e.